The fourth-order valence-electron chi connectivity index (χ4n) is 2.80. The molecule has 11 heteroatoms. The molecule has 182 valence electrons. The maximum absolute atomic E-state index is 12.8. The summed E-state index contributed by atoms with van der Waals surface area (Å²) in [5, 5.41) is 27.8. The standard InChI is InChI=1S/C22H22F6O4S/c1-2-14(4-3-9-20(31,21(23,24)25)22(26,27)28)19-8-7-18(33-19)13-32-17-6-5-15(11-29)16(10-17)12-30/h3-10,29-31H,2,11-13H2,1H3/b9-3+,14-4-. The Kier molecular flexibility index (Phi) is 8.75. The van der Waals surface area contributed by atoms with Crippen LogP contribution in [0.3, 0.4) is 0 Å². The van der Waals surface area contributed by atoms with Crippen molar-refractivity contribution in [3.05, 3.63) is 69.4 Å². The van der Waals surface area contributed by atoms with Gasteiger partial charge in [0.15, 0.2) is 0 Å². The van der Waals surface area contributed by atoms with Crippen LogP contribution in [-0.2, 0) is 19.8 Å². The number of alkyl halides is 6. The van der Waals surface area contributed by atoms with Crippen molar-refractivity contribution < 1.29 is 46.4 Å². The first-order valence-corrected chi connectivity index (χ1v) is 10.5. The third-order valence-electron chi connectivity index (χ3n) is 4.76. The van der Waals surface area contributed by atoms with E-state index in [9.17, 15) is 41.7 Å². The Morgan fingerprint density at radius 1 is 0.970 bits per heavy atom. The Hall–Kier alpha value is -2.34. The summed E-state index contributed by atoms with van der Waals surface area (Å²) in [4.78, 5) is 1.36. The molecule has 0 aliphatic carbocycles. The van der Waals surface area contributed by atoms with Crippen LogP contribution < -0.4 is 4.74 Å². The van der Waals surface area contributed by atoms with E-state index in [0.29, 0.717) is 39.8 Å². The molecule has 0 atom stereocenters. The highest BCUT2D eigenvalue weighted by Crippen LogP contribution is 2.44. The maximum Gasteiger partial charge on any atom is 0.430 e. The molecule has 1 aromatic carbocycles. The average Bonchev–Trinajstić information content (AvgIpc) is 3.22. The first kappa shape index (κ1) is 26.9. The van der Waals surface area contributed by atoms with Crippen molar-refractivity contribution in [1.82, 2.24) is 0 Å². The number of ether oxygens (including phenoxy) is 1. The van der Waals surface area contributed by atoms with Gasteiger partial charge in [0, 0.05) is 9.75 Å². The van der Waals surface area contributed by atoms with Crippen LogP contribution in [0.5, 0.6) is 5.75 Å². The van der Waals surface area contributed by atoms with E-state index in [0.717, 1.165) is 11.0 Å². The molecule has 4 nitrogen and oxygen atoms in total. The summed E-state index contributed by atoms with van der Waals surface area (Å²) in [5.41, 5.74) is -3.38. The van der Waals surface area contributed by atoms with E-state index in [2.05, 4.69) is 0 Å². The minimum Gasteiger partial charge on any atom is -0.488 e. The van der Waals surface area contributed by atoms with E-state index in [1.807, 2.05) is 0 Å². The Balaban J connectivity index is 2.15. The smallest absolute Gasteiger partial charge is 0.430 e. The maximum atomic E-state index is 12.8. The number of aliphatic hydroxyl groups excluding tert-OH is 2. The quantitative estimate of drug-likeness (QED) is 0.316. The van der Waals surface area contributed by atoms with Crippen molar-refractivity contribution in [2.24, 2.45) is 0 Å². The molecule has 0 radical (unpaired) electrons. The molecule has 0 aliphatic heterocycles. The van der Waals surface area contributed by atoms with Crippen LogP contribution in [0.15, 0.2) is 48.6 Å². The molecule has 1 heterocycles. The zero-order valence-electron chi connectivity index (χ0n) is 17.4. The number of hydrogen-bond donors (Lipinski definition) is 3. The van der Waals surface area contributed by atoms with Gasteiger partial charge in [0.2, 0.25) is 0 Å². The molecule has 2 rings (SSSR count). The molecule has 0 fully saturated rings. The van der Waals surface area contributed by atoms with E-state index in [1.165, 1.54) is 11.3 Å². The summed E-state index contributed by atoms with van der Waals surface area (Å²) in [6.45, 7) is 1.33. The Morgan fingerprint density at radius 2 is 1.61 bits per heavy atom. The molecule has 0 bridgehead atoms. The van der Waals surface area contributed by atoms with Gasteiger partial charge < -0.3 is 20.1 Å². The first-order valence-electron chi connectivity index (χ1n) is 9.66. The van der Waals surface area contributed by atoms with Crippen molar-refractivity contribution in [1.29, 1.82) is 0 Å². The predicted octanol–water partition coefficient (Wildman–Crippen LogP) is 5.52. The topological polar surface area (TPSA) is 69.9 Å². The van der Waals surface area contributed by atoms with Crippen molar-refractivity contribution in [3.63, 3.8) is 0 Å². The molecule has 1 aromatic heterocycles. The second kappa shape index (κ2) is 10.7. The molecule has 33 heavy (non-hydrogen) atoms. The lowest BCUT2D eigenvalue weighted by Crippen LogP contribution is -2.55. The van der Waals surface area contributed by atoms with Crippen molar-refractivity contribution in [2.75, 3.05) is 0 Å². The number of aliphatic hydroxyl groups is 3. The van der Waals surface area contributed by atoms with Crippen LogP contribution in [-0.4, -0.2) is 33.3 Å². The summed E-state index contributed by atoms with van der Waals surface area (Å²) < 4.78 is 82.3. The van der Waals surface area contributed by atoms with E-state index in [-0.39, 0.29) is 25.9 Å². The number of halogens is 6. The minimum absolute atomic E-state index is 0.142. The minimum atomic E-state index is -5.92. The lowest BCUT2D eigenvalue weighted by atomic mass is 10.0. The van der Waals surface area contributed by atoms with Gasteiger partial charge in [-0.05, 0) is 53.5 Å². The van der Waals surface area contributed by atoms with Gasteiger partial charge in [-0.1, -0.05) is 25.1 Å². The zero-order chi connectivity index (χ0) is 24.9. The van der Waals surface area contributed by atoms with Gasteiger partial charge in [-0.25, -0.2) is 0 Å². The average molecular weight is 496 g/mol. The van der Waals surface area contributed by atoms with Gasteiger partial charge in [0.25, 0.3) is 5.60 Å². The SMILES string of the molecule is CC/C(=C/C=C/C(O)(C(F)(F)F)C(F)(F)F)c1ccc(COc2ccc(CO)c(CO)c2)s1. The second-order valence-corrected chi connectivity index (χ2v) is 8.14. The van der Waals surface area contributed by atoms with E-state index in [1.54, 1.807) is 37.3 Å². The van der Waals surface area contributed by atoms with E-state index >= 15 is 0 Å². The monoisotopic (exact) mass is 496 g/mol. The summed E-state index contributed by atoms with van der Waals surface area (Å²) >= 11 is 1.25. The van der Waals surface area contributed by atoms with Gasteiger partial charge in [0.05, 0.1) is 13.2 Å². The largest absolute Gasteiger partial charge is 0.488 e. The van der Waals surface area contributed by atoms with Gasteiger partial charge in [-0.2, -0.15) is 26.3 Å². The van der Waals surface area contributed by atoms with Crippen molar-refractivity contribution in [2.45, 2.75) is 51.1 Å². The third kappa shape index (κ3) is 6.38. The Bertz CT molecular complexity index is 978. The molecule has 0 saturated heterocycles. The lowest BCUT2D eigenvalue weighted by Gasteiger charge is -2.29. The number of rotatable bonds is 9. The fraction of sp³-hybridized carbons (Fsp3) is 0.364. The molecular formula is C22H22F6O4S. The summed E-state index contributed by atoms with van der Waals surface area (Å²) in [5.74, 6) is 0.457. The summed E-state index contributed by atoms with van der Waals surface area (Å²) in [6.07, 6.45) is -10.2. The van der Waals surface area contributed by atoms with Crippen LogP contribution in [0.25, 0.3) is 5.57 Å². The number of thiophene rings is 1. The van der Waals surface area contributed by atoms with Gasteiger partial charge >= 0.3 is 12.4 Å². The highest BCUT2D eigenvalue weighted by Gasteiger charge is 2.68. The molecule has 0 saturated carbocycles. The number of hydrogen-bond acceptors (Lipinski definition) is 5. The van der Waals surface area contributed by atoms with Crippen LogP contribution in [0.1, 0.15) is 34.2 Å². The van der Waals surface area contributed by atoms with Crippen LogP contribution in [0, 0.1) is 0 Å². The highest BCUT2D eigenvalue weighted by molar-refractivity contribution is 7.13. The predicted molar refractivity (Wildman–Crippen MR) is 111 cm³/mol. The van der Waals surface area contributed by atoms with E-state index < -0.39 is 18.0 Å². The second-order valence-electron chi connectivity index (χ2n) is 6.97. The Morgan fingerprint density at radius 3 is 2.15 bits per heavy atom. The zero-order valence-corrected chi connectivity index (χ0v) is 18.2. The van der Waals surface area contributed by atoms with E-state index in [4.69, 9.17) is 4.74 Å². The van der Waals surface area contributed by atoms with Gasteiger partial charge in [-0.15, -0.1) is 11.3 Å². The molecule has 0 aliphatic rings. The molecule has 3 N–H and O–H groups in total. The van der Waals surface area contributed by atoms with Gasteiger partial charge in [-0.3, -0.25) is 0 Å². The number of benzene rings is 1. The van der Waals surface area contributed by atoms with Crippen molar-refractivity contribution >= 4 is 16.9 Å². The Labute approximate surface area is 190 Å². The summed E-state index contributed by atoms with van der Waals surface area (Å²) in [7, 11) is 0. The van der Waals surface area contributed by atoms with Crippen LogP contribution in [0.4, 0.5) is 26.3 Å². The molecular weight excluding hydrogens is 474 g/mol. The fourth-order valence-corrected chi connectivity index (χ4v) is 3.82. The lowest BCUT2D eigenvalue weighted by molar-refractivity contribution is -0.347. The normalized spacial score (nSPS) is 13.7. The highest BCUT2D eigenvalue weighted by atomic mass is 32.1. The molecule has 0 spiro atoms. The molecule has 0 amide bonds. The molecule has 2 aromatic rings. The summed E-state index contributed by atoms with van der Waals surface area (Å²) in [6, 6.07) is 8.22. The first-order chi connectivity index (χ1) is 15.4. The molecule has 0 unspecified atom stereocenters. The van der Waals surface area contributed by atoms with Crippen molar-refractivity contribution in [3.8, 4) is 5.75 Å². The van der Waals surface area contributed by atoms with Gasteiger partial charge in [0.1, 0.15) is 12.4 Å². The third-order valence-corrected chi connectivity index (χ3v) is 5.89. The van der Waals surface area contributed by atoms with Crippen LogP contribution in [0.2, 0.25) is 0 Å². The number of allylic oxidation sites excluding steroid dienone is 3. The van der Waals surface area contributed by atoms with Crippen LogP contribution >= 0.6 is 11.3 Å².